The highest BCUT2D eigenvalue weighted by molar-refractivity contribution is 5.70. The maximum atomic E-state index is 11.3. The lowest BCUT2D eigenvalue weighted by Gasteiger charge is -2.17. The SMILES string of the molecule is CCCC(CC(=O)OC)Nc1ccc(C#N)cn1. The molecule has 1 rings (SSSR count). The maximum Gasteiger partial charge on any atom is 0.307 e. The zero-order valence-electron chi connectivity index (χ0n) is 10.6. The average molecular weight is 247 g/mol. The van der Waals surface area contributed by atoms with Gasteiger partial charge in [0.2, 0.25) is 0 Å². The molecule has 1 N–H and O–H groups in total. The molecule has 96 valence electrons. The number of carbonyl (C=O) groups excluding carboxylic acids is 1. The fourth-order valence-electron chi connectivity index (χ4n) is 1.61. The first-order valence-corrected chi connectivity index (χ1v) is 5.89. The summed E-state index contributed by atoms with van der Waals surface area (Å²) in [5.41, 5.74) is 0.514. The van der Waals surface area contributed by atoms with Gasteiger partial charge in [-0.3, -0.25) is 4.79 Å². The Hall–Kier alpha value is -2.09. The van der Waals surface area contributed by atoms with Gasteiger partial charge in [-0.2, -0.15) is 5.26 Å². The van der Waals surface area contributed by atoms with E-state index in [1.807, 2.05) is 6.07 Å². The molecule has 1 aromatic heterocycles. The van der Waals surface area contributed by atoms with Crippen molar-refractivity contribution >= 4 is 11.8 Å². The van der Waals surface area contributed by atoms with Crippen LogP contribution in [0.5, 0.6) is 0 Å². The molecule has 1 atom stereocenters. The maximum absolute atomic E-state index is 11.3. The molecule has 0 amide bonds. The Kier molecular flexibility index (Phi) is 5.65. The lowest BCUT2D eigenvalue weighted by Crippen LogP contribution is -2.24. The van der Waals surface area contributed by atoms with Gasteiger partial charge >= 0.3 is 5.97 Å². The second-order valence-corrected chi connectivity index (χ2v) is 3.95. The zero-order valence-corrected chi connectivity index (χ0v) is 10.6. The number of hydrogen-bond acceptors (Lipinski definition) is 5. The van der Waals surface area contributed by atoms with Crippen molar-refractivity contribution in [1.29, 1.82) is 5.26 Å². The van der Waals surface area contributed by atoms with E-state index in [2.05, 4.69) is 22.0 Å². The van der Waals surface area contributed by atoms with Crippen LogP contribution in [0, 0.1) is 11.3 Å². The monoisotopic (exact) mass is 247 g/mol. The minimum atomic E-state index is -0.241. The second kappa shape index (κ2) is 7.28. The predicted molar refractivity (Wildman–Crippen MR) is 67.9 cm³/mol. The Morgan fingerprint density at radius 2 is 2.39 bits per heavy atom. The Morgan fingerprint density at radius 3 is 2.89 bits per heavy atom. The lowest BCUT2D eigenvalue weighted by atomic mass is 10.1. The number of aromatic nitrogens is 1. The molecule has 18 heavy (non-hydrogen) atoms. The molecular formula is C13H17N3O2. The van der Waals surface area contributed by atoms with Crippen molar-refractivity contribution in [3.63, 3.8) is 0 Å². The number of anilines is 1. The number of pyridine rings is 1. The highest BCUT2D eigenvalue weighted by atomic mass is 16.5. The molecule has 1 unspecified atom stereocenters. The van der Waals surface area contributed by atoms with Gasteiger partial charge in [0.25, 0.3) is 0 Å². The van der Waals surface area contributed by atoms with E-state index in [0.717, 1.165) is 12.8 Å². The van der Waals surface area contributed by atoms with E-state index in [4.69, 9.17) is 5.26 Å². The van der Waals surface area contributed by atoms with Crippen LogP contribution in [0.2, 0.25) is 0 Å². The number of esters is 1. The minimum Gasteiger partial charge on any atom is -0.469 e. The number of methoxy groups -OCH3 is 1. The molecule has 0 bridgehead atoms. The van der Waals surface area contributed by atoms with Crippen LogP contribution in [0.4, 0.5) is 5.82 Å². The van der Waals surface area contributed by atoms with E-state index >= 15 is 0 Å². The van der Waals surface area contributed by atoms with Crippen molar-refractivity contribution in [1.82, 2.24) is 4.98 Å². The summed E-state index contributed by atoms with van der Waals surface area (Å²) in [4.78, 5) is 15.4. The third kappa shape index (κ3) is 4.42. The molecule has 5 nitrogen and oxygen atoms in total. The summed E-state index contributed by atoms with van der Waals surface area (Å²) < 4.78 is 4.66. The van der Waals surface area contributed by atoms with Gasteiger partial charge in [0.05, 0.1) is 19.1 Å². The van der Waals surface area contributed by atoms with Crippen molar-refractivity contribution in [2.45, 2.75) is 32.2 Å². The Bertz CT molecular complexity index is 423. The van der Waals surface area contributed by atoms with Gasteiger partial charge in [0, 0.05) is 12.2 Å². The van der Waals surface area contributed by atoms with Gasteiger partial charge in [-0.05, 0) is 18.6 Å². The number of ether oxygens (including phenoxy) is 1. The summed E-state index contributed by atoms with van der Waals surface area (Å²) >= 11 is 0. The summed E-state index contributed by atoms with van der Waals surface area (Å²) in [5.74, 6) is 0.422. The second-order valence-electron chi connectivity index (χ2n) is 3.95. The molecule has 0 aliphatic rings. The molecule has 1 aromatic rings. The normalized spacial score (nSPS) is 11.4. The quantitative estimate of drug-likeness (QED) is 0.779. The van der Waals surface area contributed by atoms with Crippen molar-refractivity contribution in [2.24, 2.45) is 0 Å². The van der Waals surface area contributed by atoms with Crippen molar-refractivity contribution in [3.05, 3.63) is 23.9 Å². The summed E-state index contributed by atoms with van der Waals surface area (Å²) in [5, 5.41) is 11.8. The summed E-state index contributed by atoms with van der Waals surface area (Å²) in [6.45, 7) is 2.05. The smallest absolute Gasteiger partial charge is 0.307 e. The summed E-state index contributed by atoms with van der Waals surface area (Å²) in [6.07, 6.45) is 3.64. The van der Waals surface area contributed by atoms with Crippen LogP contribution >= 0.6 is 0 Å². The molecule has 0 aliphatic heterocycles. The molecule has 0 fully saturated rings. The molecule has 1 heterocycles. The van der Waals surface area contributed by atoms with Gasteiger partial charge in [-0.25, -0.2) is 4.98 Å². The lowest BCUT2D eigenvalue weighted by molar-refractivity contribution is -0.140. The third-order valence-corrected chi connectivity index (χ3v) is 2.52. The van der Waals surface area contributed by atoms with Gasteiger partial charge in [0.1, 0.15) is 11.9 Å². The number of nitrogens with one attached hydrogen (secondary N) is 1. The van der Waals surface area contributed by atoms with Gasteiger partial charge in [-0.1, -0.05) is 13.3 Å². The first-order chi connectivity index (χ1) is 8.69. The van der Waals surface area contributed by atoms with Gasteiger partial charge < -0.3 is 10.1 Å². The number of rotatable bonds is 6. The number of nitriles is 1. The Balaban J connectivity index is 2.64. The van der Waals surface area contributed by atoms with Crippen LogP contribution in [0.15, 0.2) is 18.3 Å². The van der Waals surface area contributed by atoms with Crippen LogP contribution in [0.25, 0.3) is 0 Å². The molecular weight excluding hydrogens is 230 g/mol. The van der Waals surface area contributed by atoms with Gasteiger partial charge in [-0.15, -0.1) is 0 Å². The molecule has 0 aliphatic carbocycles. The van der Waals surface area contributed by atoms with Crippen LogP contribution in [-0.4, -0.2) is 24.1 Å². The molecule has 0 aromatic carbocycles. The Labute approximate surface area is 107 Å². The number of nitrogens with zero attached hydrogens (tertiary/aromatic N) is 2. The van der Waals surface area contributed by atoms with Crippen LogP contribution in [0.1, 0.15) is 31.7 Å². The van der Waals surface area contributed by atoms with Crippen molar-refractivity contribution in [2.75, 3.05) is 12.4 Å². The van der Waals surface area contributed by atoms with Crippen molar-refractivity contribution in [3.8, 4) is 6.07 Å². The van der Waals surface area contributed by atoms with E-state index in [-0.39, 0.29) is 12.0 Å². The third-order valence-electron chi connectivity index (χ3n) is 2.52. The van der Waals surface area contributed by atoms with E-state index in [1.165, 1.54) is 13.3 Å². The largest absolute Gasteiger partial charge is 0.469 e. The number of hydrogen-bond donors (Lipinski definition) is 1. The Morgan fingerprint density at radius 1 is 1.61 bits per heavy atom. The first-order valence-electron chi connectivity index (χ1n) is 5.89. The average Bonchev–Trinajstić information content (AvgIpc) is 2.39. The molecule has 0 radical (unpaired) electrons. The highest BCUT2D eigenvalue weighted by Crippen LogP contribution is 2.11. The summed E-state index contributed by atoms with van der Waals surface area (Å²) in [7, 11) is 1.38. The van der Waals surface area contributed by atoms with Crippen molar-refractivity contribution < 1.29 is 9.53 Å². The molecule has 0 saturated carbocycles. The minimum absolute atomic E-state index is 0.00267. The van der Waals surface area contributed by atoms with E-state index in [1.54, 1.807) is 12.1 Å². The van der Waals surface area contributed by atoms with E-state index < -0.39 is 0 Å². The van der Waals surface area contributed by atoms with Crippen LogP contribution in [-0.2, 0) is 9.53 Å². The fourth-order valence-corrected chi connectivity index (χ4v) is 1.61. The first kappa shape index (κ1) is 14.0. The highest BCUT2D eigenvalue weighted by Gasteiger charge is 2.13. The van der Waals surface area contributed by atoms with E-state index in [9.17, 15) is 4.79 Å². The standard InChI is InChI=1S/C13H17N3O2/c1-3-4-11(7-13(17)18-2)16-12-6-5-10(8-14)9-15-12/h5-6,9,11H,3-4,7H2,1-2H3,(H,15,16). The molecule has 0 saturated heterocycles. The predicted octanol–water partition coefficient (Wildman–Crippen LogP) is 2.10. The van der Waals surface area contributed by atoms with Crippen LogP contribution in [0.3, 0.4) is 0 Å². The van der Waals surface area contributed by atoms with Crippen LogP contribution < -0.4 is 5.32 Å². The fraction of sp³-hybridized carbons (Fsp3) is 0.462. The number of carbonyl (C=O) groups is 1. The summed E-state index contributed by atoms with van der Waals surface area (Å²) in [6, 6.07) is 5.44. The molecule has 5 heteroatoms. The molecule has 0 spiro atoms. The topological polar surface area (TPSA) is 75.0 Å². The van der Waals surface area contributed by atoms with Gasteiger partial charge in [0.15, 0.2) is 0 Å². The zero-order chi connectivity index (χ0) is 13.4. The van der Waals surface area contributed by atoms with E-state index in [0.29, 0.717) is 17.8 Å².